The summed E-state index contributed by atoms with van der Waals surface area (Å²) in [5.41, 5.74) is 3.56. The maximum atomic E-state index is 12.0. The minimum atomic E-state index is -0.105. The number of amides is 1. The largest absolute Gasteiger partial charge is 0.348 e. The highest BCUT2D eigenvalue weighted by Crippen LogP contribution is 2.16. The zero-order valence-corrected chi connectivity index (χ0v) is 12.2. The smallest absolute Gasteiger partial charge is 0.242 e. The third-order valence-corrected chi connectivity index (χ3v) is 3.41. The van der Waals surface area contributed by atoms with Gasteiger partial charge >= 0.3 is 0 Å². The first-order valence-electron chi connectivity index (χ1n) is 6.56. The third kappa shape index (κ3) is 3.20. The van der Waals surface area contributed by atoms with Crippen molar-refractivity contribution in [1.29, 1.82) is 0 Å². The Morgan fingerprint density at radius 2 is 2.05 bits per heavy atom. The van der Waals surface area contributed by atoms with E-state index < -0.39 is 0 Å². The van der Waals surface area contributed by atoms with Gasteiger partial charge in [0.1, 0.15) is 12.4 Å². The maximum Gasteiger partial charge on any atom is 0.242 e. The van der Waals surface area contributed by atoms with Crippen LogP contribution in [0.2, 0.25) is 0 Å². The molecule has 0 radical (unpaired) electrons. The molecule has 1 N–H and O–H groups in total. The Kier molecular flexibility index (Phi) is 4.12. The third-order valence-electron chi connectivity index (χ3n) is 3.41. The van der Waals surface area contributed by atoms with E-state index in [9.17, 15) is 4.79 Å². The molecule has 1 aromatic carbocycles. The number of benzene rings is 1. The number of carbonyl (C=O) groups is 1. The number of aryl methyl sites for hydroxylation is 3. The van der Waals surface area contributed by atoms with E-state index in [1.165, 1.54) is 15.8 Å². The Balaban J connectivity index is 2.00. The molecule has 1 atom stereocenters. The maximum absolute atomic E-state index is 12.0. The predicted octanol–water partition coefficient (Wildman–Crippen LogP) is 1.48. The molecule has 0 spiro atoms. The highest BCUT2D eigenvalue weighted by molar-refractivity contribution is 5.76. The van der Waals surface area contributed by atoms with Crippen LogP contribution in [0.1, 0.15) is 35.5 Å². The number of nitrogens with zero attached hydrogens (tertiary/aromatic N) is 4. The lowest BCUT2D eigenvalue weighted by Crippen LogP contribution is -2.30. The van der Waals surface area contributed by atoms with Crippen LogP contribution in [0.15, 0.2) is 18.2 Å². The van der Waals surface area contributed by atoms with E-state index in [4.69, 9.17) is 0 Å². The molecule has 0 aliphatic carbocycles. The average Bonchev–Trinajstić information content (AvgIpc) is 2.78. The van der Waals surface area contributed by atoms with Gasteiger partial charge in [-0.2, -0.15) is 0 Å². The summed E-state index contributed by atoms with van der Waals surface area (Å²) in [6, 6.07) is 6.16. The number of hydrogen-bond donors (Lipinski definition) is 1. The number of carbonyl (C=O) groups excluding carboxylic acids is 1. The monoisotopic (exact) mass is 273 g/mol. The van der Waals surface area contributed by atoms with Gasteiger partial charge in [-0.3, -0.25) is 4.79 Å². The van der Waals surface area contributed by atoms with Crippen LogP contribution in [0.3, 0.4) is 0 Å². The fraction of sp³-hybridized carbons (Fsp3) is 0.429. The second kappa shape index (κ2) is 5.81. The van der Waals surface area contributed by atoms with Crippen molar-refractivity contribution in [1.82, 2.24) is 25.5 Å². The minimum absolute atomic E-state index is 0.0430. The molecule has 6 heteroatoms. The summed E-state index contributed by atoms with van der Waals surface area (Å²) in [5, 5.41) is 14.0. The summed E-state index contributed by atoms with van der Waals surface area (Å²) in [7, 11) is 0. The molecule has 1 heterocycles. The standard InChI is InChI=1S/C14H19N5O/c1-9-5-6-13(7-10(9)2)11(3)15-14(20)8-19-12(4)16-17-18-19/h5-7,11H,8H2,1-4H3,(H,15,20). The van der Waals surface area contributed by atoms with Gasteiger partial charge in [-0.1, -0.05) is 18.2 Å². The van der Waals surface area contributed by atoms with Crippen molar-refractivity contribution in [2.75, 3.05) is 0 Å². The Hall–Kier alpha value is -2.24. The molecule has 0 bridgehead atoms. The van der Waals surface area contributed by atoms with Crippen molar-refractivity contribution in [3.05, 3.63) is 40.7 Å². The molecule has 20 heavy (non-hydrogen) atoms. The molecule has 1 aromatic heterocycles. The predicted molar refractivity (Wildman–Crippen MR) is 75.0 cm³/mol. The molecule has 0 aliphatic rings. The first kappa shape index (κ1) is 14.2. The van der Waals surface area contributed by atoms with Gasteiger partial charge in [0, 0.05) is 0 Å². The van der Waals surface area contributed by atoms with Crippen LogP contribution in [0.5, 0.6) is 0 Å². The zero-order valence-electron chi connectivity index (χ0n) is 12.2. The number of tetrazole rings is 1. The van der Waals surface area contributed by atoms with Gasteiger partial charge in [0.15, 0.2) is 0 Å². The second-order valence-corrected chi connectivity index (χ2v) is 5.02. The van der Waals surface area contributed by atoms with Crippen LogP contribution >= 0.6 is 0 Å². The lowest BCUT2D eigenvalue weighted by molar-refractivity contribution is -0.122. The van der Waals surface area contributed by atoms with Crippen LogP contribution in [-0.2, 0) is 11.3 Å². The lowest BCUT2D eigenvalue weighted by atomic mass is 10.0. The summed E-state index contributed by atoms with van der Waals surface area (Å²) in [5.74, 6) is 0.519. The molecular formula is C14H19N5O. The Morgan fingerprint density at radius 1 is 1.30 bits per heavy atom. The van der Waals surface area contributed by atoms with Gasteiger partial charge in [-0.05, 0) is 54.8 Å². The zero-order chi connectivity index (χ0) is 14.7. The van der Waals surface area contributed by atoms with Crippen molar-refractivity contribution in [3.63, 3.8) is 0 Å². The van der Waals surface area contributed by atoms with Crippen molar-refractivity contribution in [3.8, 4) is 0 Å². The normalized spacial score (nSPS) is 12.2. The van der Waals surface area contributed by atoms with Crippen molar-refractivity contribution < 1.29 is 4.79 Å². The average molecular weight is 273 g/mol. The van der Waals surface area contributed by atoms with Gasteiger partial charge in [0.25, 0.3) is 0 Å². The molecule has 6 nitrogen and oxygen atoms in total. The molecule has 106 valence electrons. The topological polar surface area (TPSA) is 72.7 Å². The SMILES string of the molecule is Cc1ccc(C(C)NC(=O)Cn2nnnc2C)cc1C. The van der Waals surface area contributed by atoms with E-state index >= 15 is 0 Å². The molecule has 2 aromatic rings. The minimum Gasteiger partial charge on any atom is -0.348 e. The highest BCUT2D eigenvalue weighted by Gasteiger charge is 2.12. The van der Waals surface area contributed by atoms with E-state index in [-0.39, 0.29) is 18.5 Å². The van der Waals surface area contributed by atoms with E-state index in [2.05, 4.69) is 46.8 Å². The van der Waals surface area contributed by atoms with Crippen LogP contribution in [0.4, 0.5) is 0 Å². The Bertz CT molecular complexity index is 620. The molecule has 0 saturated heterocycles. The van der Waals surface area contributed by atoms with Crippen LogP contribution in [0.25, 0.3) is 0 Å². The van der Waals surface area contributed by atoms with E-state index in [1.807, 2.05) is 13.0 Å². The number of nitrogens with one attached hydrogen (secondary N) is 1. The first-order valence-corrected chi connectivity index (χ1v) is 6.56. The van der Waals surface area contributed by atoms with Crippen molar-refractivity contribution in [2.45, 2.75) is 40.3 Å². The molecule has 0 saturated carbocycles. The van der Waals surface area contributed by atoms with Crippen LogP contribution < -0.4 is 5.32 Å². The molecule has 0 aliphatic heterocycles. The van der Waals surface area contributed by atoms with Crippen LogP contribution in [0, 0.1) is 20.8 Å². The van der Waals surface area contributed by atoms with E-state index in [0.717, 1.165) is 5.56 Å². The highest BCUT2D eigenvalue weighted by atomic mass is 16.2. The molecular weight excluding hydrogens is 254 g/mol. The van der Waals surface area contributed by atoms with E-state index in [0.29, 0.717) is 5.82 Å². The van der Waals surface area contributed by atoms with Crippen molar-refractivity contribution >= 4 is 5.91 Å². The summed E-state index contributed by atoms with van der Waals surface area (Å²) in [6.07, 6.45) is 0. The second-order valence-electron chi connectivity index (χ2n) is 5.02. The Labute approximate surface area is 118 Å². The number of hydrogen-bond acceptors (Lipinski definition) is 4. The van der Waals surface area contributed by atoms with Gasteiger partial charge in [-0.15, -0.1) is 5.10 Å². The first-order chi connectivity index (χ1) is 9.47. The number of aromatic nitrogens is 4. The fourth-order valence-corrected chi connectivity index (χ4v) is 1.94. The summed E-state index contributed by atoms with van der Waals surface area (Å²) in [4.78, 5) is 12.0. The van der Waals surface area contributed by atoms with E-state index in [1.54, 1.807) is 6.92 Å². The van der Waals surface area contributed by atoms with Crippen LogP contribution in [-0.4, -0.2) is 26.1 Å². The fourth-order valence-electron chi connectivity index (χ4n) is 1.94. The molecule has 1 unspecified atom stereocenters. The summed E-state index contributed by atoms with van der Waals surface area (Å²) in [6.45, 7) is 8.00. The summed E-state index contributed by atoms with van der Waals surface area (Å²) >= 11 is 0. The molecule has 2 rings (SSSR count). The van der Waals surface area contributed by atoms with Gasteiger partial charge in [0.05, 0.1) is 6.04 Å². The quantitative estimate of drug-likeness (QED) is 0.915. The van der Waals surface area contributed by atoms with Gasteiger partial charge in [0.2, 0.25) is 5.91 Å². The Morgan fingerprint density at radius 3 is 2.65 bits per heavy atom. The van der Waals surface area contributed by atoms with Crippen molar-refractivity contribution in [2.24, 2.45) is 0 Å². The molecule has 0 fully saturated rings. The van der Waals surface area contributed by atoms with Gasteiger partial charge < -0.3 is 5.32 Å². The van der Waals surface area contributed by atoms with Gasteiger partial charge in [-0.25, -0.2) is 4.68 Å². The summed E-state index contributed by atoms with van der Waals surface area (Å²) < 4.78 is 1.47. The molecule has 1 amide bonds. The number of rotatable bonds is 4. The lowest BCUT2D eigenvalue weighted by Gasteiger charge is -2.15.